The van der Waals surface area contributed by atoms with Gasteiger partial charge in [-0.05, 0) is 19.1 Å². The van der Waals surface area contributed by atoms with Gasteiger partial charge in [0.25, 0.3) is 5.69 Å². The second-order valence-corrected chi connectivity index (χ2v) is 4.55. The molecule has 2 atom stereocenters. The van der Waals surface area contributed by atoms with Crippen LogP contribution in [-0.2, 0) is 0 Å². The fourth-order valence-corrected chi connectivity index (χ4v) is 1.62. The average molecular weight is 248 g/mol. The van der Waals surface area contributed by atoms with Gasteiger partial charge in [-0.15, -0.1) is 11.6 Å². The zero-order chi connectivity index (χ0) is 11.6. The molecule has 0 N–H and O–H groups in total. The van der Waals surface area contributed by atoms with Crippen LogP contribution in [0.5, 0.6) is 0 Å². The smallest absolute Gasteiger partial charge is 0.258 e. The quantitative estimate of drug-likeness (QED) is 0.461. The summed E-state index contributed by atoms with van der Waals surface area (Å²) < 4.78 is 0. The monoisotopic (exact) mass is 247 g/mol. The second kappa shape index (κ2) is 4.81. The first kappa shape index (κ1) is 12.3. The Balaban J connectivity index is 3.24. The van der Waals surface area contributed by atoms with Crippen molar-refractivity contribution >= 4 is 28.9 Å². The van der Waals surface area contributed by atoms with E-state index < -0.39 is 4.92 Å². The highest BCUT2D eigenvalue weighted by atomic mass is 35.5. The number of nitro groups is 1. The molecule has 0 fully saturated rings. The maximum Gasteiger partial charge on any atom is 0.273 e. The minimum Gasteiger partial charge on any atom is -0.258 e. The molecule has 0 radical (unpaired) electrons. The van der Waals surface area contributed by atoms with E-state index in [-0.39, 0.29) is 17.0 Å². The molecule has 0 bridgehead atoms. The molecular formula is C10H11Cl2NO2. The minimum absolute atomic E-state index is 0.0689. The summed E-state index contributed by atoms with van der Waals surface area (Å²) in [7, 11) is 0. The highest BCUT2D eigenvalue weighted by Crippen LogP contribution is 2.32. The van der Waals surface area contributed by atoms with Gasteiger partial charge in [-0.3, -0.25) is 10.1 Å². The summed E-state index contributed by atoms with van der Waals surface area (Å²) in [5, 5.41) is 11.1. The van der Waals surface area contributed by atoms with E-state index in [1.54, 1.807) is 13.0 Å². The molecule has 0 aliphatic carbocycles. The van der Waals surface area contributed by atoms with Crippen molar-refractivity contribution in [3.63, 3.8) is 0 Å². The van der Waals surface area contributed by atoms with Crippen molar-refractivity contribution in [3.05, 3.63) is 38.9 Å². The van der Waals surface area contributed by atoms with Crippen LogP contribution in [0, 0.1) is 10.1 Å². The highest BCUT2D eigenvalue weighted by molar-refractivity contribution is 6.30. The number of rotatable bonds is 3. The van der Waals surface area contributed by atoms with Gasteiger partial charge in [0.1, 0.15) is 0 Å². The molecule has 1 aromatic rings. The Morgan fingerprint density at radius 3 is 2.47 bits per heavy atom. The summed E-state index contributed by atoms with van der Waals surface area (Å²) in [6.45, 7) is 3.65. The van der Waals surface area contributed by atoms with E-state index >= 15 is 0 Å². The van der Waals surface area contributed by atoms with E-state index in [1.807, 2.05) is 6.92 Å². The lowest BCUT2D eigenvalue weighted by molar-refractivity contribution is -0.385. The van der Waals surface area contributed by atoms with E-state index in [0.29, 0.717) is 10.6 Å². The predicted octanol–water partition coefficient (Wildman–Crippen LogP) is 3.98. The van der Waals surface area contributed by atoms with E-state index in [2.05, 4.69) is 0 Å². The maximum atomic E-state index is 10.8. The van der Waals surface area contributed by atoms with E-state index in [1.165, 1.54) is 12.1 Å². The largest absolute Gasteiger partial charge is 0.273 e. The maximum absolute atomic E-state index is 10.8. The summed E-state index contributed by atoms with van der Waals surface area (Å²) in [6, 6.07) is 4.52. The van der Waals surface area contributed by atoms with Gasteiger partial charge in [0.15, 0.2) is 0 Å². The van der Waals surface area contributed by atoms with Crippen molar-refractivity contribution in [2.24, 2.45) is 0 Å². The lowest BCUT2D eigenvalue weighted by atomic mass is 9.96. The first-order valence-corrected chi connectivity index (χ1v) is 5.33. The van der Waals surface area contributed by atoms with Gasteiger partial charge in [0, 0.05) is 27.9 Å². The predicted molar refractivity (Wildman–Crippen MR) is 61.8 cm³/mol. The van der Waals surface area contributed by atoms with Crippen LogP contribution in [0.1, 0.15) is 25.3 Å². The number of benzene rings is 1. The van der Waals surface area contributed by atoms with Crippen molar-refractivity contribution in [3.8, 4) is 0 Å². The number of nitro benzene ring substituents is 1. The standard InChI is InChI=1S/C10H11Cl2NO2/c1-6(7(2)11)9-5-8(12)3-4-10(9)13(14)15/h3-7H,1-2H3. The van der Waals surface area contributed by atoms with Crippen molar-refractivity contribution in [2.75, 3.05) is 0 Å². The van der Waals surface area contributed by atoms with Crippen molar-refractivity contribution in [1.82, 2.24) is 0 Å². The fraction of sp³-hybridized carbons (Fsp3) is 0.400. The second-order valence-electron chi connectivity index (χ2n) is 3.43. The Hall–Kier alpha value is -0.800. The molecule has 0 heterocycles. The Bertz CT molecular complexity index is 380. The van der Waals surface area contributed by atoms with Crippen LogP contribution in [0.25, 0.3) is 0 Å². The molecule has 1 aromatic carbocycles. The summed E-state index contributed by atoms with van der Waals surface area (Å²) in [5.41, 5.74) is 0.648. The van der Waals surface area contributed by atoms with E-state index in [4.69, 9.17) is 23.2 Å². The molecule has 5 heteroatoms. The topological polar surface area (TPSA) is 43.1 Å². The van der Waals surface area contributed by atoms with Crippen LogP contribution in [0.4, 0.5) is 5.69 Å². The molecule has 15 heavy (non-hydrogen) atoms. The highest BCUT2D eigenvalue weighted by Gasteiger charge is 2.22. The lowest BCUT2D eigenvalue weighted by Gasteiger charge is -2.14. The number of hydrogen-bond acceptors (Lipinski definition) is 2. The number of alkyl halides is 1. The molecule has 1 rings (SSSR count). The molecular weight excluding hydrogens is 237 g/mol. The van der Waals surface area contributed by atoms with E-state index in [0.717, 1.165) is 0 Å². The molecule has 0 saturated carbocycles. The number of nitrogens with zero attached hydrogens (tertiary/aromatic N) is 1. The summed E-state index contributed by atoms with van der Waals surface area (Å²) >= 11 is 11.7. The summed E-state index contributed by atoms with van der Waals surface area (Å²) in [6.07, 6.45) is 0. The molecule has 82 valence electrons. The first-order chi connectivity index (χ1) is 6.93. The molecule has 2 unspecified atom stereocenters. The van der Waals surface area contributed by atoms with Gasteiger partial charge < -0.3 is 0 Å². The third-order valence-corrected chi connectivity index (χ3v) is 2.98. The first-order valence-electron chi connectivity index (χ1n) is 4.51. The van der Waals surface area contributed by atoms with E-state index in [9.17, 15) is 10.1 Å². The van der Waals surface area contributed by atoms with Gasteiger partial charge in [-0.2, -0.15) is 0 Å². The number of halogens is 2. The van der Waals surface area contributed by atoms with Crippen LogP contribution in [0.2, 0.25) is 5.02 Å². The van der Waals surface area contributed by atoms with Crippen LogP contribution < -0.4 is 0 Å². The number of hydrogen-bond donors (Lipinski definition) is 0. The molecule has 0 amide bonds. The minimum atomic E-state index is -0.415. The third-order valence-electron chi connectivity index (χ3n) is 2.37. The summed E-state index contributed by atoms with van der Waals surface area (Å²) in [4.78, 5) is 10.4. The van der Waals surface area contributed by atoms with Gasteiger partial charge in [0.05, 0.1) is 4.92 Å². The third kappa shape index (κ3) is 2.83. The van der Waals surface area contributed by atoms with Crippen molar-refractivity contribution < 1.29 is 4.92 Å². The molecule has 0 spiro atoms. The SMILES string of the molecule is CC(Cl)C(C)c1cc(Cl)ccc1[N+](=O)[O-]. The van der Waals surface area contributed by atoms with Crippen LogP contribution in [-0.4, -0.2) is 10.3 Å². The summed E-state index contributed by atoms with van der Waals surface area (Å²) in [5.74, 6) is -0.106. The van der Waals surface area contributed by atoms with Gasteiger partial charge in [-0.1, -0.05) is 18.5 Å². The average Bonchev–Trinajstić information content (AvgIpc) is 2.15. The molecule has 0 aliphatic heterocycles. The Morgan fingerprint density at radius 1 is 1.40 bits per heavy atom. The molecule has 0 saturated heterocycles. The molecule has 3 nitrogen and oxygen atoms in total. The zero-order valence-electron chi connectivity index (χ0n) is 8.41. The molecule has 0 aromatic heterocycles. The van der Waals surface area contributed by atoms with Gasteiger partial charge in [-0.25, -0.2) is 0 Å². The zero-order valence-corrected chi connectivity index (χ0v) is 9.92. The van der Waals surface area contributed by atoms with Gasteiger partial charge in [0.2, 0.25) is 0 Å². The Kier molecular flexibility index (Phi) is 3.94. The van der Waals surface area contributed by atoms with Crippen molar-refractivity contribution in [1.29, 1.82) is 0 Å². The van der Waals surface area contributed by atoms with Crippen molar-refractivity contribution in [2.45, 2.75) is 25.1 Å². The van der Waals surface area contributed by atoms with Gasteiger partial charge >= 0.3 is 0 Å². The van der Waals surface area contributed by atoms with Crippen LogP contribution >= 0.6 is 23.2 Å². The normalized spacial score (nSPS) is 14.7. The lowest BCUT2D eigenvalue weighted by Crippen LogP contribution is -2.07. The fourth-order valence-electron chi connectivity index (χ4n) is 1.30. The Labute approximate surface area is 98.2 Å². The Morgan fingerprint density at radius 2 is 2.00 bits per heavy atom. The molecule has 0 aliphatic rings. The van der Waals surface area contributed by atoms with Crippen LogP contribution in [0.3, 0.4) is 0 Å². The van der Waals surface area contributed by atoms with Crippen LogP contribution in [0.15, 0.2) is 18.2 Å².